The molecule has 0 aliphatic carbocycles. The monoisotopic (exact) mass is 639 g/mol. The molecule has 0 saturated heterocycles. The standard InChI is InChI=1S/C46H29N3O/c1-4-13-30(14-5-1)33-19-12-20-35(27-33)49-41-22-11-10-21-37(41)44-42(49)25-24-36-38-28-34(23-26-43(38)50-45(36)44)46-47-39(31-15-6-2-7-16-31)29-40(48-46)32-17-8-3-9-18-32/h1-29H. The zero-order valence-electron chi connectivity index (χ0n) is 27.0. The molecule has 50 heavy (non-hydrogen) atoms. The maximum Gasteiger partial charge on any atom is 0.160 e. The topological polar surface area (TPSA) is 43.9 Å². The summed E-state index contributed by atoms with van der Waals surface area (Å²) in [6, 6.07) is 61.3. The van der Waals surface area contributed by atoms with Gasteiger partial charge in [-0.1, -0.05) is 121 Å². The lowest BCUT2D eigenvalue weighted by atomic mass is 10.0. The van der Waals surface area contributed by atoms with Gasteiger partial charge in [0, 0.05) is 38.5 Å². The molecule has 0 aliphatic heterocycles. The number of hydrogen-bond donors (Lipinski definition) is 0. The maximum atomic E-state index is 6.74. The quantitative estimate of drug-likeness (QED) is 0.188. The Balaban J connectivity index is 1.17. The molecule has 4 heteroatoms. The molecule has 0 N–H and O–H groups in total. The van der Waals surface area contributed by atoms with Crippen molar-refractivity contribution >= 4 is 43.7 Å². The van der Waals surface area contributed by atoms with Crippen LogP contribution in [0.2, 0.25) is 0 Å². The van der Waals surface area contributed by atoms with Crippen molar-refractivity contribution in [3.8, 4) is 50.7 Å². The second-order valence-corrected chi connectivity index (χ2v) is 12.6. The van der Waals surface area contributed by atoms with E-state index in [2.05, 4.69) is 144 Å². The van der Waals surface area contributed by atoms with E-state index in [1.54, 1.807) is 0 Å². The highest BCUT2D eigenvalue weighted by Crippen LogP contribution is 2.42. The van der Waals surface area contributed by atoms with E-state index < -0.39 is 0 Å². The van der Waals surface area contributed by atoms with Crippen molar-refractivity contribution < 1.29 is 4.42 Å². The van der Waals surface area contributed by atoms with Gasteiger partial charge in [0.1, 0.15) is 11.2 Å². The van der Waals surface area contributed by atoms with E-state index in [1.165, 1.54) is 11.1 Å². The van der Waals surface area contributed by atoms with E-state index in [9.17, 15) is 0 Å². The van der Waals surface area contributed by atoms with Crippen LogP contribution in [0.15, 0.2) is 180 Å². The van der Waals surface area contributed by atoms with Crippen molar-refractivity contribution in [3.05, 3.63) is 176 Å². The third-order valence-electron chi connectivity index (χ3n) is 9.61. The van der Waals surface area contributed by atoms with Crippen molar-refractivity contribution in [1.29, 1.82) is 0 Å². The summed E-state index contributed by atoms with van der Waals surface area (Å²) in [6.45, 7) is 0. The highest BCUT2D eigenvalue weighted by molar-refractivity contribution is 6.24. The van der Waals surface area contributed by atoms with Crippen LogP contribution >= 0.6 is 0 Å². The minimum absolute atomic E-state index is 0.678. The molecular weight excluding hydrogens is 611 g/mol. The number of nitrogens with zero attached hydrogens (tertiary/aromatic N) is 3. The van der Waals surface area contributed by atoms with Gasteiger partial charge in [0.05, 0.1) is 27.8 Å². The fourth-order valence-corrected chi connectivity index (χ4v) is 7.25. The molecule has 10 rings (SSSR count). The predicted molar refractivity (Wildman–Crippen MR) is 205 cm³/mol. The summed E-state index contributed by atoms with van der Waals surface area (Å²) >= 11 is 0. The maximum absolute atomic E-state index is 6.74. The van der Waals surface area contributed by atoms with Gasteiger partial charge >= 0.3 is 0 Å². The number of furan rings is 1. The molecule has 0 amide bonds. The smallest absolute Gasteiger partial charge is 0.160 e. The van der Waals surface area contributed by atoms with Crippen molar-refractivity contribution in [3.63, 3.8) is 0 Å². The minimum Gasteiger partial charge on any atom is -0.455 e. The molecule has 0 saturated carbocycles. The lowest BCUT2D eigenvalue weighted by molar-refractivity contribution is 0.673. The highest BCUT2D eigenvalue weighted by Gasteiger charge is 2.20. The molecule has 234 valence electrons. The zero-order chi connectivity index (χ0) is 33.0. The van der Waals surface area contributed by atoms with E-state index in [-0.39, 0.29) is 0 Å². The molecule has 10 aromatic rings. The van der Waals surface area contributed by atoms with Crippen LogP contribution in [-0.4, -0.2) is 14.5 Å². The summed E-state index contributed by atoms with van der Waals surface area (Å²) in [5.41, 5.74) is 12.3. The van der Waals surface area contributed by atoms with Crippen molar-refractivity contribution in [1.82, 2.24) is 14.5 Å². The Labute approximate surface area is 288 Å². The normalized spacial score (nSPS) is 11.6. The minimum atomic E-state index is 0.678. The van der Waals surface area contributed by atoms with Crippen LogP contribution in [0.3, 0.4) is 0 Å². The average molecular weight is 640 g/mol. The molecule has 3 heterocycles. The molecule has 0 fully saturated rings. The van der Waals surface area contributed by atoms with Crippen LogP contribution in [0.1, 0.15) is 0 Å². The van der Waals surface area contributed by atoms with Gasteiger partial charge in [-0.25, -0.2) is 9.97 Å². The first kappa shape index (κ1) is 28.3. The van der Waals surface area contributed by atoms with E-state index >= 15 is 0 Å². The van der Waals surface area contributed by atoms with Crippen LogP contribution in [0.5, 0.6) is 0 Å². The van der Waals surface area contributed by atoms with Crippen LogP contribution in [-0.2, 0) is 0 Å². The Kier molecular flexibility index (Phi) is 6.46. The second-order valence-electron chi connectivity index (χ2n) is 12.6. The third-order valence-corrected chi connectivity index (χ3v) is 9.61. The van der Waals surface area contributed by atoms with Gasteiger partial charge in [-0.05, 0) is 65.7 Å². The Morgan fingerprint density at radius 3 is 1.76 bits per heavy atom. The molecule has 4 nitrogen and oxygen atoms in total. The molecule has 0 radical (unpaired) electrons. The average Bonchev–Trinajstić information content (AvgIpc) is 3.74. The zero-order valence-corrected chi connectivity index (χ0v) is 27.0. The molecule has 0 aliphatic rings. The van der Waals surface area contributed by atoms with Crippen LogP contribution in [0.4, 0.5) is 0 Å². The Morgan fingerprint density at radius 1 is 0.400 bits per heavy atom. The molecule has 3 aromatic heterocycles. The summed E-state index contributed by atoms with van der Waals surface area (Å²) in [7, 11) is 0. The van der Waals surface area contributed by atoms with Crippen molar-refractivity contribution in [2.24, 2.45) is 0 Å². The number of fused-ring (bicyclic) bond motifs is 7. The molecule has 7 aromatic carbocycles. The van der Waals surface area contributed by atoms with Crippen molar-refractivity contribution in [2.75, 3.05) is 0 Å². The summed E-state index contributed by atoms with van der Waals surface area (Å²) in [6.07, 6.45) is 0. The fourth-order valence-electron chi connectivity index (χ4n) is 7.25. The van der Waals surface area contributed by atoms with Crippen molar-refractivity contribution in [2.45, 2.75) is 0 Å². The second kappa shape index (κ2) is 11.4. The molecule has 0 bridgehead atoms. The van der Waals surface area contributed by atoms with E-state index in [0.717, 1.165) is 77.5 Å². The fraction of sp³-hybridized carbons (Fsp3) is 0. The first-order valence-corrected chi connectivity index (χ1v) is 16.8. The number of rotatable bonds is 5. The highest BCUT2D eigenvalue weighted by atomic mass is 16.3. The van der Waals surface area contributed by atoms with Gasteiger partial charge in [0.15, 0.2) is 5.82 Å². The number of hydrogen-bond acceptors (Lipinski definition) is 3. The predicted octanol–water partition coefficient (Wildman–Crippen LogP) is 12.1. The molecule has 0 atom stereocenters. The van der Waals surface area contributed by atoms with Gasteiger partial charge in [-0.3, -0.25) is 0 Å². The first-order valence-electron chi connectivity index (χ1n) is 16.8. The lowest BCUT2D eigenvalue weighted by Crippen LogP contribution is -1.95. The summed E-state index contributed by atoms with van der Waals surface area (Å²) in [4.78, 5) is 10.2. The van der Waals surface area contributed by atoms with E-state index in [1.807, 2.05) is 36.4 Å². The van der Waals surface area contributed by atoms with E-state index in [0.29, 0.717) is 5.82 Å². The van der Waals surface area contributed by atoms with Gasteiger partial charge in [-0.15, -0.1) is 0 Å². The number of benzene rings is 7. The van der Waals surface area contributed by atoms with Gasteiger partial charge in [0.25, 0.3) is 0 Å². The SMILES string of the molecule is c1ccc(-c2cccc(-n3c4ccccc4c4c5oc6ccc(-c7nc(-c8ccccc8)cc(-c8ccccc8)n7)cc6c5ccc43)c2)cc1. The van der Waals surface area contributed by atoms with Crippen LogP contribution in [0, 0.1) is 0 Å². The summed E-state index contributed by atoms with van der Waals surface area (Å²) < 4.78 is 9.09. The van der Waals surface area contributed by atoms with Crippen LogP contribution in [0.25, 0.3) is 94.5 Å². The summed E-state index contributed by atoms with van der Waals surface area (Å²) in [5, 5.41) is 4.37. The number of aromatic nitrogens is 3. The largest absolute Gasteiger partial charge is 0.455 e. The van der Waals surface area contributed by atoms with Crippen LogP contribution < -0.4 is 0 Å². The molecular formula is C46H29N3O. The van der Waals surface area contributed by atoms with E-state index in [4.69, 9.17) is 14.4 Å². The molecule has 0 unspecified atom stereocenters. The first-order chi connectivity index (χ1) is 24.8. The Bertz CT molecular complexity index is 2800. The summed E-state index contributed by atoms with van der Waals surface area (Å²) in [5.74, 6) is 0.678. The van der Waals surface area contributed by atoms with Gasteiger partial charge in [0.2, 0.25) is 0 Å². The number of para-hydroxylation sites is 1. The van der Waals surface area contributed by atoms with Gasteiger partial charge in [-0.2, -0.15) is 0 Å². The molecule has 0 spiro atoms. The van der Waals surface area contributed by atoms with Gasteiger partial charge < -0.3 is 8.98 Å². The Hall–Kier alpha value is -6.78. The Morgan fingerprint density at radius 2 is 1.04 bits per heavy atom. The lowest BCUT2D eigenvalue weighted by Gasteiger charge is -2.10. The third kappa shape index (κ3) is 4.61.